The van der Waals surface area contributed by atoms with E-state index in [-0.39, 0.29) is 37.7 Å². The summed E-state index contributed by atoms with van der Waals surface area (Å²) in [6, 6.07) is 6.96. The number of rotatable bonds is 14. The Morgan fingerprint density at radius 1 is 1.19 bits per heavy atom. The van der Waals surface area contributed by atoms with E-state index < -0.39 is 30.2 Å². The van der Waals surface area contributed by atoms with Crippen molar-refractivity contribution in [3.63, 3.8) is 0 Å². The summed E-state index contributed by atoms with van der Waals surface area (Å²) in [5.41, 5.74) is 7.51. The van der Waals surface area contributed by atoms with Crippen LogP contribution < -0.4 is 11.1 Å². The average Bonchev–Trinajstić information content (AvgIpc) is 3.38. The number of imide groups is 1. The second-order valence-electron chi connectivity index (χ2n) is 9.91. The minimum Gasteiger partial charge on any atom is -0.444 e. The Hall–Kier alpha value is -3.24. The number of nitrogens with one attached hydrogen (secondary N) is 2. The number of imidazole rings is 1. The zero-order valence-electron chi connectivity index (χ0n) is 22.2. The Morgan fingerprint density at radius 3 is 2.49 bits per heavy atom. The maximum Gasteiger partial charge on any atom is 0.417 e. The first-order valence-corrected chi connectivity index (χ1v) is 12.8. The number of hydrogen-bond acceptors (Lipinski definition) is 7. The zero-order chi connectivity index (χ0) is 27.4. The standard InChI is InChI=1S/C27H41N5O5/c1-5-19(4)14-30-25(34)13-24(33)23(11-18(2)3)32(26(35)22(28)12-21-15-29-17-31-21)27(36)37-16-20-9-7-6-8-10-20/h6-10,15,17-19,22-24,33H,5,11-14,16,28H2,1-4H3,(H,29,31)(H,30,34)/t19-,22-,23-,24-/m0/s1. The van der Waals surface area contributed by atoms with Crippen LogP contribution in [0.5, 0.6) is 0 Å². The van der Waals surface area contributed by atoms with Crippen LogP contribution in [0.4, 0.5) is 4.79 Å². The van der Waals surface area contributed by atoms with Gasteiger partial charge in [0.05, 0.1) is 36.6 Å². The molecule has 0 spiro atoms. The van der Waals surface area contributed by atoms with Crippen LogP contribution in [0.15, 0.2) is 42.9 Å². The molecule has 0 radical (unpaired) electrons. The predicted octanol–water partition coefficient (Wildman–Crippen LogP) is 2.77. The minimum absolute atomic E-state index is 0.00242. The molecule has 1 aromatic carbocycles. The van der Waals surface area contributed by atoms with Gasteiger partial charge in [-0.1, -0.05) is 64.4 Å². The third-order valence-electron chi connectivity index (χ3n) is 6.17. The molecule has 0 bridgehead atoms. The molecular formula is C27H41N5O5. The number of nitrogens with two attached hydrogens (primary N) is 1. The van der Waals surface area contributed by atoms with E-state index >= 15 is 0 Å². The van der Waals surface area contributed by atoms with Gasteiger partial charge in [-0.25, -0.2) is 14.7 Å². The van der Waals surface area contributed by atoms with Gasteiger partial charge in [-0.2, -0.15) is 0 Å². The second-order valence-corrected chi connectivity index (χ2v) is 9.91. The first-order chi connectivity index (χ1) is 17.6. The van der Waals surface area contributed by atoms with Crippen LogP contribution in [0, 0.1) is 11.8 Å². The molecule has 0 aliphatic heterocycles. The van der Waals surface area contributed by atoms with Crippen molar-refractivity contribution < 1.29 is 24.2 Å². The van der Waals surface area contributed by atoms with Crippen molar-refractivity contribution in [2.75, 3.05) is 6.54 Å². The van der Waals surface area contributed by atoms with Crippen LogP contribution in [0.1, 0.15) is 58.2 Å². The number of carbonyl (C=O) groups is 3. The van der Waals surface area contributed by atoms with Gasteiger partial charge in [-0.3, -0.25) is 9.59 Å². The van der Waals surface area contributed by atoms with Crippen molar-refractivity contribution in [1.29, 1.82) is 0 Å². The Balaban J connectivity index is 2.27. The van der Waals surface area contributed by atoms with Gasteiger partial charge in [0.15, 0.2) is 0 Å². The molecule has 5 N–H and O–H groups in total. The maximum atomic E-state index is 13.5. The van der Waals surface area contributed by atoms with E-state index in [1.165, 1.54) is 6.33 Å². The lowest BCUT2D eigenvalue weighted by atomic mass is 9.94. The molecule has 2 aromatic rings. The van der Waals surface area contributed by atoms with Crippen molar-refractivity contribution in [1.82, 2.24) is 20.2 Å². The van der Waals surface area contributed by atoms with Crippen molar-refractivity contribution in [3.8, 4) is 0 Å². The normalized spacial score (nSPS) is 14.5. The third kappa shape index (κ3) is 9.97. The Morgan fingerprint density at radius 2 is 1.89 bits per heavy atom. The molecule has 0 saturated carbocycles. The fourth-order valence-corrected chi connectivity index (χ4v) is 3.82. The van der Waals surface area contributed by atoms with E-state index in [4.69, 9.17) is 10.5 Å². The lowest BCUT2D eigenvalue weighted by molar-refractivity contribution is -0.137. The summed E-state index contributed by atoms with van der Waals surface area (Å²) < 4.78 is 5.49. The molecule has 10 nitrogen and oxygen atoms in total. The molecule has 0 aliphatic carbocycles. The topological polar surface area (TPSA) is 151 Å². The highest BCUT2D eigenvalue weighted by atomic mass is 16.6. The molecule has 0 fully saturated rings. The Labute approximate surface area is 219 Å². The quantitative estimate of drug-likeness (QED) is 0.302. The number of benzene rings is 1. The van der Waals surface area contributed by atoms with Gasteiger partial charge in [0.1, 0.15) is 6.61 Å². The number of aliphatic hydroxyl groups is 1. The van der Waals surface area contributed by atoms with Gasteiger partial charge in [-0.05, 0) is 23.8 Å². The summed E-state index contributed by atoms with van der Waals surface area (Å²) in [4.78, 5) is 47.2. The fourth-order valence-electron chi connectivity index (χ4n) is 3.82. The van der Waals surface area contributed by atoms with E-state index in [1.807, 2.05) is 45.9 Å². The molecule has 10 heteroatoms. The summed E-state index contributed by atoms with van der Waals surface area (Å²) in [5.74, 6) is -0.764. The molecule has 1 heterocycles. The highest BCUT2D eigenvalue weighted by molar-refractivity contribution is 5.95. The molecule has 37 heavy (non-hydrogen) atoms. The van der Waals surface area contributed by atoms with Crippen molar-refractivity contribution in [2.24, 2.45) is 17.6 Å². The Bertz CT molecular complexity index is 967. The number of amides is 3. The number of aliphatic hydroxyl groups excluding tert-OH is 1. The van der Waals surface area contributed by atoms with Gasteiger partial charge in [-0.15, -0.1) is 0 Å². The third-order valence-corrected chi connectivity index (χ3v) is 6.17. The van der Waals surface area contributed by atoms with Crippen LogP contribution in [0.3, 0.4) is 0 Å². The van der Waals surface area contributed by atoms with Crippen LogP contribution in [0.25, 0.3) is 0 Å². The SMILES string of the molecule is CC[C@H](C)CNC(=O)C[C@H](O)[C@H](CC(C)C)N(C(=O)OCc1ccccc1)C(=O)[C@@H](N)Cc1c[nH]cn1. The van der Waals surface area contributed by atoms with Gasteiger partial charge in [0.25, 0.3) is 0 Å². The zero-order valence-corrected chi connectivity index (χ0v) is 22.2. The van der Waals surface area contributed by atoms with Crippen LogP contribution in [0.2, 0.25) is 0 Å². The minimum atomic E-state index is -1.30. The van der Waals surface area contributed by atoms with Crippen LogP contribution in [-0.4, -0.2) is 62.6 Å². The molecule has 0 saturated heterocycles. The number of H-pyrrole nitrogens is 1. The molecule has 4 atom stereocenters. The summed E-state index contributed by atoms with van der Waals surface area (Å²) >= 11 is 0. The predicted molar refractivity (Wildman–Crippen MR) is 140 cm³/mol. The average molecular weight is 516 g/mol. The van der Waals surface area contributed by atoms with Crippen molar-refractivity contribution in [3.05, 3.63) is 54.1 Å². The summed E-state index contributed by atoms with van der Waals surface area (Å²) in [6.45, 7) is 8.28. The molecule has 3 amide bonds. The van der Waals surface area contributed by atoms with E-state index in [0.29, 0.717) is 18.2 Å². The smallest absolute Gasteiger partial charge is 0.417 e. The maximum absolute atomic E-state index is 13.5. The first kappa shape index (κ1) is 30.0. The molecule has 2 rings (SSSR count). The van der Waals surface area contributed by atoms with Crippen molar-refractivity contribution >= 4 is 17.9 Å². The number of aromatic amines is 1. The molecule has 1 aromatic heterocycles. The number of nitrogens with zero attached hydrogens (tertiary/aromatic N) is 2. The van der Waals surface area contributed by atoms with E-state index in [2.05, 4.69) is 15.3 Å². The highest BCUT2D eigenvalue weighted by Crippen LogP contribution is 2.21. The van der Waals surface area contributed by atoms with Gasteiger partial charge in [0.2, 0.25) is 11.8 Å². The van der Waals surface area contributed by atoms with Crippen LogP contribution in [-0.2, 0) is 27.4 Å². The Kier molecular flexibility index (Phi) is 12.2. The number of aromatic nitrogens is 2. The molecule has 0 unspecified atom stereocenters. The molecule has 0 aliphatic rings. The van der Waals surface area contributed by atoms with Crippen LogP contribution >= 0.6 is 0 Å². The fraction of sp³-hybridized carbons (Fsp3) is 0.556. The number of hydrogen-bond donors (Lipinski definition) is 4. The molecule has 204 valence electrons. The second kappa shape index (κ2) is 15.1. The number of carbonyl (C=O) groups excluding carboxylic acids is 3. The summed E-state index contributed by atoms with van der Waals surface area (Å²) in [5, 5.41) is 13.9. The van der Waals surface area contributed by atoms with E-state index in [0.717, 1.165) is 16.9 Å². The summed E-state index contributed by atoms with van der Waals surface area (Å²) in [6.07, 6.45) is 1.86. The highest BCUT2D eigenvalue weighted by Gasteiger charge is 2.39. The lowest BCUT2D eigenvalue weighted by Crippen LogP contribution is -2.56. The van der Waals surface area contributed by atoms with Crippen molar-refractivity contribution in [2.45, 2.75) is 78.2 Å². The largest absolute Gasteiger partial charge is 0.444 e. The van der Waals surface area contributed by atoms with E-state index in [1.54, 1.807) is 18.3 Å². The van der Waals surface area contributed by atoms with Gasteiger partial charge in [0, 0.05) is 19.2 Å². The number of ether oxygens (including phenoxy) is 1. The lowest BCUT2D eigenvalue weighted by Gasteiger charge is -2.35. The monoisotopic (exact) mass is 515 g/mol. The first-order valence-electron chi connectivity index (χ1n) is 12.8. The molecular weight excluding hydrogens is 474 g/mol. The summed E-state index contributed by atoms with van der Waals surface area (Å²) in [7, 11) is 0. The van der Waals surface area contributed by atoms with E-state index in [9.17, 15) is 19.5 Å². The van der Waals surface area contributed by atoms with Gasteiger partial charge < -0.3 is 25.9 Å². The van der Waals surface area contributed by atoms with Gasteiger partial charge >= 0.3 is 6.09 Å².